The first-order valence-corrected chi connectivity index (χ1v) is 7.96. The molecule has 0 radical (unpaired) electrons. The van der Waals surface area contributed by atoms with Gasteiger partial charge in [-0.25, -0.2) is 0 Å². The van der Waals surface area contributed by atoms with Gasteiger partial charge in [0.25, 0.3) is 0 Å². The molecule has 0 fully saturated rings. The molecule has 0 N–H and O–H groups in total. The zero-order valence-corrected chi connectivity index (χ0v) is 12.9. The summed E-state index contributed by atoms with van der Waals surface area (Å²) in [7, 11) is 0. The van der Waals surface area contributed by atoms with E-state index in [9.17, 15) is 4.79 Å². The lowest BCUT2D eigenvalue weighted by Crippen LogP contribution is -1.99. The maximum absolute atomic E-state index is 12.9. The number of ketones is 1. The van der Waals surface area contributed by atoms with E-state index in [1.807, 2.05) is 60.7 Å². The van der Waals surface area contributed by atoms with Crippen molar-refractivity contribution in [1.29, 1.82) is 0 Å². The summed E-state index contributed by atoms with van der Waals surface area (Å²) in [5, 5.41) is 0. The molecule has 0 saturated heterocycles. The Bertz CT molecular complexity index is 917. The molecular weight excluding hydrogens is 308 g/mol. The molecule has 23 heavy (non-hydrogen) atoms. The van der Waals surface area contributed by atoms with Crippen molar-refractivity contribution in [1.82, 2.24) is 0 Å². The third kappa shape index (κ3) is 2.53. The molecule has 0 amide bonds. The van der Waals surface area contributed by atoms with Gasteiger partial charge >= 0.3 is 0 Å². The second kappa shape index (κ2) is 5.74. The van der Waals surface area contributed by atoms with E-state index in [1.54, 1.807) is 12.5 Å². The Kier molecular flexibility index (Phi) is 3.44. The first-order valence-electron chi connectivity index (χ1n) is 7.14. The Hall–Kier alpha value is -2.85. The Morgan fingerprint density at radius 3 is 2.17 bits per heavy atom. The average Bonchev–Trinajstić information content (AvgIpc) is 3.34. The summed E-state index contributed by atoms with van der Waals surface area (Å²) in [5.41, 5.74) is 1.45. The van der Waals surface area contributed by atoms with E-state index in [0.717, 1.165) is 16.2 Å². The van der Waals surface area contributed by atoms with Gasteiger partial charge in [0.15, 0.2) is 0 Å². The summed E-state index contributed by atoms with van der Waals surface area (Å²) >= 11 is 1.42. The van der Waals surface area contributed by atoms with Crippen molar-refractivity contribution in [3.8, 4) is 22.0 Å². The summed E-state index contributed by atoms with van der Waals surface area (Å²) in [5.74, 6) is 1.41. The smallest absolute Gasteiger partial charge is 0.203 e. The minimum atomic E-state index is -0.0141. The number of rotatable bonds is 4. The number of carbonyl (C=O) groups is 1. The van der Waals surface area contributed by atoms with Crippen LogP contribution in [0.4, 0.5) is 0 Å². The van der Waals surface area contributed by atoms with Gasteiger partial charge in [-0.05, 0) is 30.3 Å². The highest BCUT2D eigenvalue weighted by atomic mass is 32.1. The van der Waals surface area contributed by atoms with E-state index < -0.39 is 0 Å². The van der Waals surface area contributed by atoms with E-state index >= 15 is 0 Å². The number of benzene rings is 1. The van der Waals surface area contributed by atoms with Crippen molar-refractivity contribution < 1.29 is 13.6 Å². The van der Waals surface area contributed by atoms with Crippen LogP contribution in [-0.4, -0.2) is 5.78 Å². The lowest BCUT2D eigenvalue weighted by molar-refractivity contribution is 0.104. The molecule has 0 aliphatic rings. The lowest BCUT2D eigenvalue weighted by atomic mass is 10.1. The zero-order valence-electron chi connectivity index (χ0n) is 12.1. The maximum Gasteiger partial charge on any atom is 0.203 e. The fourth-order valence-electron chi connectivity index (χ4n) is 2.44. The predicted molar refractivity (Wildman–Crippen MR) is 89.6 cm³/mol. The normalized spacial score (nSPS) is 10.8. The highest BCUT2D eigenvalue weighted by Crippen LogP contribution is 2.38. The van der Waals surface area contributed by atoms with Crippen LogP contribution >= 0.6 is 11.3 Å². The fourth-order valence-corrected chi connectivity index (χ4v) is 3.53. The molecule has 112 valence electrons. The lowest BCUT2D eigenvalue weighted by Gasteiger charge is -2.00. The molecule has 0 aliphatic carbocycles. The first-order chi connectivity index (χ1) is 11.3. The van der Waals surface area contributed by atoms with Crippen LogP contribution in [0.25, 0.3) is 22.0 Å². The number of hydrogen-bond donors (Lipinski definition) is 0. The Morgan fingerprint density at radius 1 is 0.826 bits per heavy atom. The maximum atomic E-state index is 12.9. The molecule has 0 unspecified atom stereocenters. The van der Waals surface area contributed by atoms with Gasteiger partial charge < -0.3 is 8.83 Å². The quantitative estimate of drug-likeness (QED) is 0.466. The largest absolute Gasteiger partial charge is 0.464 e. The molecule has 4 heteroatoms. The van der Waals surface area contributed by atoms with E-state index in [4.69, 9.17) is 8.83 Å². The Morgan fingerprint density at radius 2 is 1.52 bits per heavy atom. The van der Waals surface area contributed by atoms with Crippen LogP contribution in [0.1, 0.15) is 15.2 Å². The third-order valence-corrected chi connectivity index (χ3v) is 4.67. The minimum absolute atomic E-state index is 0.0141. The second-order valence-corrected chi connectivity index (χ2v) is 6.06. The summed E-state index contributed by atoms with van der Waals surface area (Å²) < 4.78 is 11.0. The van der Waals surface area contributed by atoms with Crippen LogP contribution in [0.3, 0.4) is 0 Å². The molecule has 0 aliphatic heterocycles. The number of thiophene rings is 1. The van der Waals surface area contributed by atoms with E-state index in [2.05, 4.69) is 0 Å². The molecule has 4 rings (SSSR count). The highest BCUT2D eigenvalue weighted by molar-refractivity contribution is 7.18. The summed E-state index contributed by atoms with van der Waals surface area (Å²) in [6.45, 7) is 0. The monoisotopic (exact) mass is 320 g/mol. The SMILES string of the molecule is O=C(c1ccccc1)c1sc(-c2ccco2)cc1-c1ccco1. The van der Waals surface area contributed by atoms with Crippen LogP contribution in [-0.2, 0) is 0 Å². The van der Waals surface area contributed by atoms with E-state index in [0.29, 0.717) is 16.2 Å². The van der Waals surface area contributed by atoms with Gasteiger partial charge in [-0.15, -0.1) is 11.3 Å². The first kappa shape index (κ1) is 13.8. The van der Waals surface area contributed by atoms with Gasteiger partial charge in [-0.2, -0.15) is 0 Å². The standard InChI is InChI=1S/C19H12O3S/c20-18(13-6-2-1-3-7-13)19-14(15-8-4-10-21-15)12-17(23-19)16-9-5-11-22-16/h1-12H. The summed E-state index contributed by atoms with van der Waals surface area (Å²) in [6, 6.07) is 18.6. The van der Waals surface area contributed by atoms with Gasteiger partial charge in [0.1, 0.15) is 11.5 Å². The minimum Gasteiger partial charge on any atom is -0.464 e. The van der Waals surface area contributed by atoms with E-state index in [-0.39, 0.29) is 5.78 Å². The average molecular weight is 320 g/mol. The molecule has 4 aromatic rings. The van der Waals surface area contributed by atoms with Crippen LogP contribution in [0.2, 0.25) is 0 Å². The molecule has 1 aromatic carbocycles. The molecule has 0 atom stereocenters. The topological polar surface area (TPSA) is 43.4 Å². The van der Waals surface area contributed by atoms with E-state index in [1.165, 1.54) is 11.3 Å². The molecule has 3 heterocycles. The fraction of sp³-hybridized carbons (Fsp3) is 0. The van der Waals surface area contributed by atoms with Crippen LogP contribution in [0.5, 0.6) is 0 Å². The van der Waals surface area contributed by atoms with Gasteiger partial charge in [-0.3, -0.25) is 4.79 Å². The predicted octanol–water partition coefficient (Wildman–Crippen LogP) is 5.50. The van der Waals surface area contributed by atoms with Crippen molar-refractivity contribution >= 4 is 17.1 Å². The Labute approximate surface area is 136 Å². The molecular formula is C19H12O3S. The van der Waals surface area contributed by atoms with Crippen molar-refractivity contribution in [3.63, 3.8) is 0 Å². The highest BCUT2D eigenvalue weighted by Gasteiger charge is 2.21. The van der Waals surface area contributed by atoms with Crippen molar-refractivity contribution in [2.24, 2.45) is 0 Å². The van der Waals surface area contributed by atoms with Crippen LogP contribution in [0.15, 0.2) is 82.0 Å². The number of furan rings is 2. The summed E-state index contributed by atoms with van der Waals surface area (Å²) in [4.78, 5) is 14.4. The third-order valence-electron chi connectivity index (χ3n) is 3.52. The molecule has 3 aromatic heterocycles. The van der Waals surface area contributed by atoms with Crippen molar-refractivity contribution in [2.75, 3.05) is 0 Å². The molecule has 0 bridgehead atoms. The van der Waals surface area contributed by atoms with Gasteiger partial charge in [0.05, 0.1) is 22.3 Å². The van der Waals surface area contributed by atoms with Crippen LogP contribution in [0, 0.1) is 0 Å². The molecule has 0 saturated carbocycles. The van der Waals surface area contributed by atoms with Gasteiger partial charge in [0, 0.05) is 11.1 Å². The van der Waals surface area contributed by atoms with Crippen molar-refractivity contribution in [3.05, 3.63) is 83.6 Å². The summed E-state index contributed by atoms with van der Waals surface area (Å²) in [6.07, 6.45) is 3.23. The molecule has 0 spiro atoms. The van der Waals surface area contributed by atoms with Crippen molar-refractivity contribution in [2.45, 2.75) is 0 Å². The van der Waals surface area contributed by atoms with Gasteiger partial charge in [-0.1, -0.05) is 30.3 Å². The number of carbonyl (C=O) groups excluding carboxylic acids is 1. The molecule has 3 nitrogen and oxygen atoms in total. The van der Waals surface area contributed by atoms with Crippen LogP contribution < -0.4 is 0 Å². The number of hydrogen-bond acceptors (Lipinski definition) is 4. The Balaban J connectivity index is 1.86. The zero-order chi connectivity index (χ0) is 15.6. The second-order valence-electron chi connectivity index (χ2n) is 5.00. The van der Waals surface area contributed by atoms with Gasteiger partial charge in [0.2, 0.25) is 5.78 Å².